The third-order valence-electron chi connectivity index (χ3n) is 4.50. The summed E-state index contributed by atoms with van der Waals surface area (Å²) in [7, 11) is 0. The van der Waals surface area contributed by atoms with E-state index in [2.05, 4.69) is 10.3 Å². The molecule has 1 saturated carbocycles. The Morgan fingerprint density at radius 3 is 2.48 bits per heavy atom. The molecule has 1 fully saturated rings. The monoisotopic (exact) mass is 344 g/mol. The normalized spacial score (nSPS) is 20.2. The van der Waals surface area contributed by atoms with Gasteiger partial charge in [0, 0.05) is 24.8 Å². The molecule has 132 valence electrons. The van der Waals surface area contributed by atoms with Crippen molar-refractivity contribution >= 4 is 5.97 Å². The van der Waals surface area contributed by atoms with E-state index >= 15 is 0 Å². The molecule has 0 atom stereocenters. The molecule has 5 nitrogen and oxygen atoms in total. The summed E-state index contributed by atoms with van der Waals surface area (Å²) >= 11 is 0. The van der Waals surface area contributed by atoms with Crippen molar-refractivity contribution in [1.82, 2.24) is 10.3 Å². The van der Waals surface area contributed by atoms with Gasteiger partial charge in [0.15, 0.2) is 0 Å². The smallest absolute Gasteiger partial charge is 0.306 e. The summed E-state index contributed by atoms with van der Waals surface area (Å²) in [5.41, 5.74) is 1.03. The highest BCUT2D eigenvalue weighted by molar-refractivity contribution is 5.70. The fraction of sp³-hybridized carbons (Fsp3) is 0.368. The van der Waals surface area contributed by atoms with Crippen LogP contribution in [0.1, 0.15) is 31.2 Å². The maximum absolute atomic E-state index is 12.9. The zero-order valence-corrected chi connectivity index (χ0v) is 13.8. The predicted octanol–water partition coefficient (Wildman–Crippen LogP) is 3.75. The molecule has 3 rings (SSSR count). The van der Waals surface area contributed by atoms with Crippen LogP contribution in [0.15, 0.2) is 42.6 Å². The van der Waals surface area contributed by atoms with Gasteiger partial charge in [-0.25, -0.2) is 9.37 Å². The Balaban J connectivity index is 1.46. The quantitative estimate of drug-likeness (QED) is 0.835. The van der Waals surface area contributed by atoms with Crippen LogP contribution in [0.4, 0.5) is 4.39 Å². The number of carboxylic acids is 1. The average Bonchev–Trinajstić information content (AvgIpc) is 2.63. The second kappa shape index (κ2) is 8.07. The van der Waals surface area contributed by atoms with Crippen LogP contribution in [0.25, 0.3) is 0 Å². The largest absolute Gasteiger partial charge is 0.481 e. The van der Waals surface area contributed by atoms with E-state index in [0.717, 1.165) is 31.2 Å². The van der Waals surface area contributed by atoms with Crippen molar-refractivity contribution in [3.63, 3.8) is 0 Å². The van der Waals surface area contributed by atoms with Gasteiger partial charge in [-0.15, -0.1) is 0 Å². The molecule has 1 heterocycles. The van der Waals surface area contributed by atoms with E-state index in [-0.39, 0.29) is 11.7 Å². The van der Waals surface area contributed by atoms with Crippen LogP contribution in [0.5, 0.6) is 11.6 Å². The summed E-state index contributed by atoms with van der Waals surface area (Å²) in [5, 5.41) is 12.5. The van der Waals surface area contributed by atoms with Gasteiger partial charge in [0.05, 0.1) is 5.92 Å². The average molecular weight is 344 g/mol. The number of nitrogens with one attached hydrogen (secondary N) is 1. The number of nitrogens with zero attached hydrogens (tertiary/aromatic N) is 1. The molecular weight excluding hydrogens is 323 g/mol. The first kappa shape index (κ1) is 17.4. The first-order valence-electron chi connectivity index (χ1n) is 8.44. The van der Waals surface area contributed by atoms with Crippen LogP contribution in [-0.4, -0.2) is 22.1 Å². The Labute approximate surface area is 145 Å². The third kappa shape index (κ3) is 5.00. The standard InChI is InChI=1S/C19H21FN2O3/c20-15-4-8-17(9-5-15)25-18-10-1-13(12-22-18)11-21-16-6-2-14(3-7-16)19(23)24/h1,4-5,8-10,12,14,16,21H,2-3,6-7,11H2,(H,23,24). The fourth-order valence-electron chi connectivity index (χ4n) is 3.01. The van der Waals surface area contributed by atoms with Gasteiger partial charge >= 0.3 is 5.97 Å². The number of benzene rings is 1. The SMILES string of the molecule is O=C(O)C1CCC(NCc2ccc(Oc3ccc(F)cc3)nc2)CC1. The lowest BCUT2D eigenvalue weighted by Crippen LogP contribution is -2.34. The molecule has 0 amide bonds. The van der Waals surface area contributed by atoms with Gasteiger partial charge < -0.3 is 15.2 Å². The molecule has 2 aromatic rings. The van der Waals surface area contributed by atoms with Crippen LogP contribution in [-0.2, 0) is 11.3 Å². The molecule has 1 aliphatic carbocycles. The summed E-state index contributed by atoms with van der Waals surface area (Å²) in [6, 6.07) is 9.86. The topological polar surface area (TPSA) is 71.5 Å². The molecule has 0 spiro atoms. The fourth-order valence-corrected chi connectivity index (χ4v) is 3.01. The van der Waals surface area contributed by atoms with E-state index in [0.29, 0.717) is 24.2 Å². The van der Waals surface area contributed by atoms with Gasteiger partial charge in [0.2, 0.25) is 5.88 Å². The number of hydrogen-bond donors (Lipinski definition) is 2. The van der Waals surface area contributed by atoms with E-state index in [1.54, 1.807) is 24.4 Å². The zero-order chi connectivity index (χ0) is 17.6. The lowest BCUT2D eigenvalue weighted by molar-refractivity contribution is -0.142. The first-order chi connectivity index (χ1) is 12.1. The lowest BCUT2D eigenvalue weighted by Gasteiger charge is -2.26. The number of hydrogen-bond acceptors (Lipinski definition) is 4. The van der Waals surface area contributed by atoms with Crippen molar-refractivity contribution in [2.45, 2.75) is 38.3 Å². The Morgan fingerprint density at radius 1 is 1.16 bits per heavy atom. The van der Waals surface area contributed by atoms with E-state index in [4.69, 9.17) is 9.84 Å². The molecule has 1 aromatic heterocycles. The summed E-state index contributed by atoms with van der Waals surface area (Å²) in [6.45, 7) is 0.687. The van der Waals surface area contributed by atoms with Crippen LogP contribution in [0, 0.1) is 11.7 Å². The number of aromatic nitrogens is 1. The maximum atomic E-state index is 12.9. The molecule has 6 heteroatoms. The van der Waals surface area contributed by atoms with Crippen molar-refractivity contribution in [2.24, 2.45) is 5.92 Å². The molecule has 0 aliphatic heterocycles. The van der Waals surface area contributed by atoms with Gasteiger partial charge in [-0.05, 0) is 55.5 Å². The van der Waals surface area contributed by atoms with Crippen molar-refractivity contribution < 1.29 is 19.0 Å². The number of halogens is 1. The van der Waals surface area contributed by atoms with Crippen molar-refractivity contribution in [1.29, 1.82) is 0 Å². The van der Waals surface area contributed by atoms with Gasteiger partial charge in [-0.2, -0.15) is 0 Å². The van der Waals surface area contributed by atoms with Crippen LogP contribution in [0.3, 0.4) is 0 Å². The second-order valence-corrected chi connectivity index (χ2v) is 6.33. The minimum atomic E-state index is -0.681. The highest BCUT2D eigenvalue weighted by Crippen LogP contribution is 2.25. The summed E-state index contributed by atoms with van der Waals surface area (Å²) in [4.78, 5) is 15.2. The van der Waals surface area contributed by atoms with Gasteiger partial charge in [-0.3, -0.25) is 4.79 Å². The van der Waals surface area contributed by atoms with E-state index in [9.17, 15) is 9.18 Å². The van der Waals surface area contributed by atoms with Crippen LogP contribution < -0.4 is 10.1 Å². The summed E-state index contributed by atoms with van der Waals surface area (Å²) in [6.07, 6.45) is 4.98. The Bertz CT molecular complexity index is 696. The predicted molar refractivity (Wildman–Crippen MR) is 90.9 cm³/mol. The van der Waals surface area contributed by atoms with Crippen LogP contribution >= 0.6 is 0 Å². The lowest BCUT2D eigenvalue weighted by atomic mass is 9.86. The van der Waals surface area contributed by atoms with E-state index in [1.165, 1.54) is 12.1 Å². The van der Waals surface area contributed by atoms with Crippen molar-refractivity contribution in [3.8, 4) is 11.6 Å². The van der Waals surface area contributed by atoms with Crippen molar-refractivity contribution in [2.75, 3.05) is 0 Å². The first-order valence-corrected chi connectivity index (χ1v) is 8.44. The highest BCUT2D eigenvalue weighted by Gasteiger charge is 2.25. The Hall–Kier alpha value is -2.47. The molecule has 0 saturated heterocycles. The second-order valence-electron chi connectivity index (χ2n) is 6.33. The van der Waals surface area contributed by atoms with Gasteiger partial charge in [-0.1, -0.05) is 6.07 Å². The third-order valence-corrected chi connectivity index (χ3v) is 4.50. The van der Waals surface area contributed by atoms with Crippen molar-refractivity contribution in [3.05, 3.63) is 54.0 Å². The van der Waals surface area contributed by atoms with Gasteiger partial charge in [0.25, 0.3) is 0 Å². The molecule has 0 bridgehead atoms. The van der Waals surface area contributed by atoms with E-state index < -0.39 is 5.97 Å². The molecule has 1 aliphatic rings. The summed E-state index contributed by atoms with van der Waals surface area (Å²) in [5.74, 6) is -0.187. The number of ether oxygens (including phenoxy) is 1. The molecule has 25 heavy (non-hydrogen) atoms. The minimum absolute atomic E-state index is 0.192. The molecule has 0 radical (unpaired) electrons. The zero-order valence-electron chi connectivity index (χ0n) is 13.8. The molecule has 0 unspecified atom stereocenters. The van der Waals surface area contributed by atoms with Gasteiger partial charge in [0.1, 0.15) is 11.6 Å². The Kier molecular flexibility index (Phi) is 5.60. The maximum Gasteiger partial charge on any atom is 0.306 e. The number of carboxylic acid groups (broad SMARTS) is 1. The highest BCUT2D eigenvalue weighted by atomic mass is 19.1. The number of rotatable bonds is 6. The molecule has 1 aromatic carbocycles. The molecular formula is C19H21FN2O3. The number of carbonyl (C=O) groups is 1. The Morgan fingerprint density at radius 2 is 1.88 bits per heavy atom. The summed E-state index contributed by atoms with van der Waals surface area (Å²) < 4.78 is 18.4. The van der Waals surface area contributed by atoms with E-state index in [1.807, 2.05) is 6.07 Å². The number of aliphatic carboxylic acids is 1. The molecule has 2 N–H and O–H groups in total. The minimum Gasteiger partial charge on any atom is -0.481 e. The number of pyridine rings is 1. The van der Waals surface area contributed by atoms with Crippen LogP contribution in [0.2, 0.25) is 0 Å².